The van der Waals surface area contributed by atoms with Gasteiger partial charge in [-0.3, -0.25) is 0 Å². The zero-order chi connectivity index (χ0) is 51.7. The Labute approximate surface area is 449 Å². The standard InChI is InChI=1S/C71H64BN3O/c1-7-9-18-48-26-34-54(35-27-48)73(55-36-28-49(29-37-55)19-10-8-2)57-40-43-63-61(45-57)72-69-65(74(63)62-41-31-52(44-47(62)3)50-20-12-11-13-21-50)46-60-59-24-16-17-25-66(59)76-70(60)68(69)67-58-23-15-14-22-51(58)30-42-64(67)75(72)56-38-32-53(33-39-56)71(4,5)6/h11-17,20-46H,7-10,18-19H2,1-6H3. The molecule has 0 atom stereocenters. The minimum Gasteiger partial charge on any atom is -0.455 e. The number of para-hydroxylation sites is 1. The molecule has 13 rings (SSSR count). The summed E-state index contributed by atoms with van der Waals surface area (Å²) in [6.45, 7) is 13.5. The van der Waals surface area contributed by atoms with Gasteiger partial charge in [-0.2, -0.15) is 0 Å². The van der Waals surface area contributed by atoms with Gasteiger partial charge in [0.25, 0.3) is 0 Å². The summed E-state index contributed by atoms with van der Waals surface area (Å²) < 4.78 is 7.24. The van der Waals surface area contributed by atoms with Crippen molar-refractivity contribution in [1.82, 2.24) is 0 Å². The van der Waals surface area contributed by atoms with Crippen molar-refractivity contribution < 1.29 is 4.42 Å². The molecule has 11 aromatic rings. The summed E-state index contributed by atoms with van der Waals surface area (Å²) in [7, 11) is 0. The molecule has 0 saturated carbocycles. The van der Waals surface area contributed by atoms with Crippen LogP contribution in [-0.2, 0) is 18.3 Å². The summed E-state index contributed by atoms with van der Waals surface area (Å²) in [6, 6.07) is 77.7. The maximum Gasteiger partial charge on any atom is 0.333 e. The Balaban J connectivity index is 1.13. The van der Waals surface area contributed by atoms with Crippen LogP contribution in [0, 0.1) is 6.92 Å². The molecule has 3 heterocycles. The first-order valence-electron chi connectivity index (χ1n) is 27.6. The number of hydrogen-bond donors (Lipinski definition) is 0. The molecule has 0 N–H and O–H groups in total. The second-order valence-corrected chi connectivity index (χ2v) is 22.2. The molecule has 10 aromatic carbocycles. The van der Waals surface area contributed by atoms with E-state index in [0.29, 0.717) is 0 Å². The normalized spacial score (nSPS) is 12.8. The average molecular weight is 986 g/mol. The zero-order valence-electron chi connectivity index (χ0n) is 44.7. The topological polar surface area (TPSA) is 22.9 Å². The third kappa shape index (κ3) is 8.07. The van der Waals surface area contributed by atoms with Gasteiger partial charge in [-0.15, -0.1) is 0 Å². The van der Waals surface area contributed by atoms with E-state index in [1.807, 2.05) is 0 Å². The van der Waals surface area contributed by atoms with Crippen molar-refractivity contribution in [2.75, 3.05) is 14.6 Å². The van der Waals surface area contributed by atoms with Crippen molar-refractivity contribution in [2.24, 2.45) is 0 Å². The lowest BCUT2D eigenvalue weighted by atomic mass is 9.43. The largest absolute Gasteiger partial charge is 0.455 e. The van der Waals surface area contributed by atoms with Gasteiger partial charge in [0, 0.05) is 67.4 Å². The molecule has 0 amide bonds. The van der Waals surface area contributed by atoms with E-state index in [9.17, 15) is 0 Å². The second-order valence-electron chi connectivity index (χ2n) is 22.2. The van der Waals surface area contributed by atoms with Crippen LogP contribution in [0.4, 0.5) is 45.5 Å². The fraction of sp³-hybridized carbons (Fsp3) is 0.183. The van der Waals surface area contributed by atoms with Gasteiger partial charge < -0.3 is 19.0 Å². The van der Waals surface area contributed by atoms with Crippen LogP contribution < -0.4 is 25.5 Å². The fourth-order valence-corrected chi connectivity index (χ4v) is 12.3. The average Bonchev–Trinajstić information content (AvgIpc) is 3.96. The molecule has 5 heteroatoms. The van der Waals surface area contributed by atoms with E-state index < -0.39 is 0 Å². The summed E-state index contributed by atoms with van der Waals surface area (Å²) in [5.74, 6) is 0. The highest BCUT2D eigenvalue weighted by atomic mass is 16.3. The van der Waals surface area contributed by atoms with Gasteiger partial charge in [0.05, 0.1) is 0 Å². The number of unbranched alkanes of at least 4 members (excludes halogenated alkanes) is 2. The molecule has 0 aliphatic carbocycles. The quantitative estimate of drug-likeness (QED) is 0.114. The molecule has 0 bridgehead atoms. The van der Waals surface area contributed by atoms with Gasteiger partial charge in [0.15, 0.2) is 0 Å². The maximum atomic E-state index is 7.24. The van der Waals surface area contributed by atoms with E-state index >= 15 is 0 Å². The summed E-state index contributed by atoms with van der Waals surface area (Å²) in [5, 5.41) is 4.63. The van der Waals surface area contributed by atoms with E-state index in [1.165, 1.54) is 86.3 Å². The van der Waals surface area contributed by atoms with Crippen molar-refractivity contribution in [3.05, 3.63) is 229 Å². The molecule has 2 aliphatic rings. The number of fused-ring (bicyclic) bond motifs is 10. The lowest BCUT2D eigenvalue weighted by molar-refractivity contribution is 0.590. The van der Waals surface area contributed by atoms with E-state index in [2.05, 4.69) is 262 Å². The number of nitrogens with zero attached hydrogens (tertiary/aromatic N) is 3. The molecule has 0 radical (unpaired) electrons. The van der Waals surface area contributed by atoms with Gasteiger partial charge in [-0.25, -0.2) is 0 Å². The summed E-state index contributed by atoms with van der Waals surface area (Å²) >= 11 is 0. The number of benzene rings is 10. The number of hydrogen-bond acceptors (Lipinski definition) is 4. The van der Waals surface area contributed by atoms with Gasteiger partial charge in [0.1, 0.15) is 11.2 Å². The van der Waals surface area contributed by atoms with Crippen molar-refractivity contribution in [1.29, 1.82) is 0 Å². The molecule has 0 spiro atoms. The number of aryl methyl sites for hydroxylation is 3. The van der Waals surface area contributed by atoms with Crippen molar-refractivity contribution in [3.63, 3.8) is 0 Å². The van der Waals surface area contributed by atoms with Crippen LogP contribution in [0.2, 0.25) is 0 Å². The molecule has 4 nitrogen and oxygen atoms in total. The Hall–Kier alpha value is -8.28. The van der Waals surface area contributed by atoms with Gasteiger partial charge in [0.2, 0.25) is 0 Å². The summed E-state index contributed by atoms with van der Waals surface area (Å²) in [4.78, 5) is 7.70. The van der Waals surface area contributed by atoms with Gasteiger partial charge in [-0.1, -0.05) is 169 Å². The van der Waals surface area contributed by atoms with Crippen LogP contribution in [0.15, 0.2) is 211 Å². The molecule has 1 aromatic heterocycles. The molecule has 0 saturated heterocycles. The molecule has 0 fully saturated rings. The van der Waals surface area contributed by atoms with E-state index in [4.69, 9.17) is 4.42 Å². The molecular formula is C71H64BN3O. The maximum absolute atomic E-state index is 7.24. The molecule has 76 heavy (non-hydrogen) atoms. The van der Waals surface area contributed by atoms with Crippen LogP contribution in [0.25, 0.3) is 55.0 Å². The minimum absolute atomic E-state index is 0.00612. The Kier molecular flexibility index (Phi) is 11.9. The monoisotopic (exact) mass is 986 g/mol. The molecule has 0 unspecified atom stereocenters. The zero-order valence-corrected chi connectivity index (χ0v) is 44.7. The predicted molar refractivity (Wildman–Crippen MR) is 326 cm³/mol. The molecular weight excluding hydrogens is 922 g/mol. The lowest BCUT2D eigenvalue weighted by Crippen LogP contribution is -2.61. The first kappa shape index (κ1) is 47.4. The summed E-state index contributed by atoms with van der Waals surface area (Å²) in [5.41, 5.74) is 23.4. The Bertz CT molecular complexity index is 3910. The van der Waals surface area contributed by atoms with E-state index in [1.54, 1.807) is 0 Å². The van der Waals surface area contributed by atoms with Gasteiger partial charge >= 0.3 is 6.85 Å². The van der Waals surface area contributed by atoms with Crippen LogP contribution in [0.5, 0.6) is 0 Å². The number of rotatable bonds is 12. The Morgan fingerprint density at radius 2 is 1.12 bits per heavy atom. The fourth-order valence-electron chi connectivity index (χ4n) is 12.3. The molecule has 372 valence electrons. The Morgan fingerprint density at radius 1 is 0.500 bits per heavy atom. The van der Waals surface area contributed by atoms with Crippen LogP contribution in [0.3, 0.4) is 0 Å². The molecule has 2 aliphatic heterocycles. The van der Waals surface area contributed by atoms with E-state index in [-0.39, 0.29) is 12.3 Å². The predicted octanol–water partition coefficient (Wildman–Crippen LogP) is 18.9. The number of furan rings is 1. The first-order valence-corrected chi connectivity index (χ1v) is 27.6. The highest BCUT2D eigenvalue weighted by Crippen LogP contribution is 2.53. The lowest BCUT2D eigenvalue weighted by Gasteiger charge is -2.46. The SMILES string of the molecule is CCCCc1ccc(N(c2ccc(CCCC)cc2)c2ccc3c(c2)B2c4c(cc5c(oc6ccccc65)c4-c4c(ccc5ccccc45)N2c2ccc(C(C)(C)C)cc2)N3c2ccc(-c3ccccc3)cc2C)cc1. The third-order valence-electron chi connectivity index (χ3n) is 16.3. The van der Waals surface area contributed by atoms with Gasteiger partial charge in [-0.05, 0) is 178 Å². The van der Waals surface area contributed by atoms with Crippen molar-refractivity contribution in [2.45, 2.75) is 85.5 Å². The first-order chi connectivity index (χ1) is 37.2. The second kappa shape index (κ2) is 19.1. The van der Waals surface area contributed by atoms with E-state index in [0.717, 1.165) is 85.8 Å². The smallest absolute Gasteiger partial charge is 0.333 e. The summed E-state index contributed by atoms with van der Waals surface area (Å²) in [6.07, 6.45) is 6.86. The number of anilines is 8. The van der Waals surface area contributed by atoms with Crippen molar-refractivity contribution in [3.8, 4) is 22.3 Å². The van der Waals surface area contributed by atoms with Crippen LogP contribution in [-0.4, -0.2) is 6.85 Å². The minimum atomic E-state index is -0.249. The Morgan fingerprint density at radius 3 is 1.79 bits per heavy atom. The van der Waals surface area contributed by atoms with Crippen LogP contribution >= 0.6 is 0 Å². The van der Waals surface area contributed by atoms with Crippen molar-refractivity contribution >= 4 is 96.0 Å². The van der Waals surface area contributed by atoms with Crippen LogP contribution in [0.1, 0.15) is 82.6 Å². The highest BCUT2D eigenvalue weighted by Gasteiger charge is 2.47. The highest BCUT2D eigenvalue weighted by molar-refractivity contribution is 6.94. The third-order valence-corrected chi connectivity index (χ3v) is 16.3.